The van der Waals surface area contributed by atoms with E-state index in [0.717, 1.165) is 16.7 Å². The summed E-state index contributed by atoms with van der Waals surface area (Å²) in [6.07, 6.45) is 2.17. The molecule has 3 aromatic carbocycles. The molecule has 1 aliphatic carbocycles. The predicted octanol–water partition coefficient (Wildman–Crippen LogP) is 5.73. The first-order valence-electron chi connectivity index (χ1n) is 9.53. The van der Waals surface area contributed by atoms with Crippen LogP contribution < -0.4 is 5.32 Å². The monoisotopic (exact) mass is 401 g/mol. The number of allylic oxidation sites excluding steroid dienone is 2. The highest BCUT2D eigenvalue weighted by atomic mass is 35.5. The van der Waals surface area contributed by atoms with Crippen molar-refractivity contribution in [1.29, 1.82) is 0 Å². The van der Waals surface area contributed by atoms with E-state index in [4.69, 9.17) is 11.6 Å². The van der Waals surface area contributed by atoms with Crippen LogP contribution in [-0.4, -0.2) is 11.7 Å². The van der Waals surface area contributed by atoms with Gasteiger partial charge in [-0.3, -0.25) is 9.59 Å². The summed E-state index contributed by atoms with van der Waals surface area (Å²) in [6, 6.07) is 26.4. The molecule has 0 bridgehead atoms. The molecule has 144 valence electrons. The van der Waals surface area contributed by atoms with Crippen molar-refractivity contribution in [2.45, 2.75) is 12.3 Å². The third-order valence-corrected chi connectivity index (χ3v) is 5.58. The predicted molar refractivity (Wildman–Crippen MR) is 117 cm³/mol. The van der Waals surface area contributed by atoms with Gasteiger partial charge in [-0.1, -0.05) is 78.3 Å². The average Bonchev–Trinajstić information content (AvgIpc) is 2.75. The van der Waals surface area contributed by atoms with Gasteiger partial charge in [0.05, 0.1) is 0 Å². The summed E-state index contributed by atoms with van der Waals surface area (Å²) in [5.41, 5.74) is 3.39. The lowest BCUT2D eigenvalue weighted by atomic mass is 9.73. The Morgan fingerprint density at radius 2 is 1.48 bits per heavy atom. The molecule has 1 amide bonds. The quantitative estimate of drug-likeness (QED) is 0.567. The standard InChI is InChI=1S/C25H20ClNO2/c26-22-14-8-7-13-20(22)21-15-18(17-9-3-1-4-10-17)16-23(28)24(21)25(29)27-19-11-5-2-6-12-19/h1-14,16,21,24H,15H2,(H,27,29)/t21-,24-/m0/s1. The minimum absolute atomic E-state index is 0.201. The highest BCUT2D eigenvalue weighted by Gasteiger charge is 2.39. The van der Waals surface area contributed by atoms with Gasteiger partial charge in [-0.15, -0.1) is 0 Å². The molecule has 3 aromatic rings. The second-order valence-electron chi connectivity index (χ2n) is 7.10. The van der Waals surface area contributed by atoms with Crippen LogP contribution >= 0.6 is 11.6 Å². The first-order valence-corrected chi connectivity index (χ1v) is 9.91. The van der Waals surface area contributed by atoms with Crippen molar-refractivity contribution < 1.29 is 9.59 Å². The summed E-state index contributed by atoms with van der Waals surface area (Å²) in [5.74, 6) is -1.68. The van der Waals surface area contributed by atoms with E-state index in [1.54, 1.807) is 24.3 Å². The molecule has 1 N–H and O–H groups in total. The molecule has 0 saturated heterocycles. The number of para-hydroxylation sites is 1. The molecule has 29 heavy (non-hydrogen) atoms. The number of hydrogen-bond donors (Lipinski definition) is 1. The largest absolute Gasteiger partial charge is 0.325 e. The lowest BCUT2D eigenvalue weighted by Gasteiger charge is -2.30. The fraction of sp³-hybridized carbons (Fsp3) is 0.120. The van der Waals surface area contributed by atoms with Crippen LogP contribution in [0.1, 0.15) is 23.5 Å². The van der Waals surface area contributed by atoms with Crippen LogP contribution in [0.5, 0.6) is 0 Å². The smallest absolute Gasteiger partial charge is 0.235 e. The van der Waals surface area contributed by atoms with Gasteiger partial charge in [-0.2, -0.15) is 0 Å². The molecule has 0 saturated carbocycles. The Morgan fingerprint density at radius 3 is 2.17 bits per heavy atom. The van der Waals surface area contributed by atoms with Gasteiger partial charge < -0.3 is 5.32 Å². The molecule has 0 unspecified atom stereocenters. The number of halogens is 1. The molecule has 0 radical (unpaired) electrons. The van der Waals surface area contributed by atoms with Crippen molar-refractivity contribution in [2.75, 3.05) is 5.32 Å². The van der Waals surface area contributed by atoms with Crippen LogP contribution in [0.2, 0.25) is 5.02 Å². The average molecular weight is 402 g/mol. The van der Waals surface area contributed by atoms with Crippen LogP contribution in [0.3, 0.4) is 0 Å². The second kappa shape index (κ2) is 8.46. The van der Waals surface area contributed by atoms with Crippen molar-refractivity contribution in [3.05, 3.63) is 107 Å². The Bertz CT molecular complexity index is 1060. The SMILES string of the molecule is O=C1C=C(c2ccccc2)C[C@@H](c2ccccc2Cl)[C@@H]1C(=O)Nc1ccccc1. The highest BCUT2D eigenvalue weighted by molar-refractivity contribution is 6.31. The minimum atomic E-state index is -0.831. The summed E-state index contributed by atoms with van der Waals surface area (Å²) in [5, 5.41) is 3.45. The van der Waals surface area contributed by atoms with Gasteiger partial charge in [0.25, 0.3) is 0 Å². The molecule has 3 nitrogen and oxygen atoms in total. The van der Waals surface area contributed by atoms with E-state index in [-0.39, 0.29) is 17.6 Å². The molecule has 4 heteroatoms. The van der Waals surface area contributed by atoms with Crippen LogP contribution in [0.25, 0.3) is 5.57 Å². The van der Waals surface area contributed by atoms with Crippen LogP contribution in [0.15, 0.2) is 91.0 Å². The van der Waals surface area contributed by atoms with Gasteiger partial charge in [0, 0.05) is 16.6 Å². The number of rotatable bonds is 4. The Hall–Kier alpha value is -3.17. The molecule has 0 aromatic heterocycles. The van der Waals surface area contributed by atoms with E-state index >= 15 is 0 Å². The number of anilines is 1. The second-order valence-corrected chi connectivity index (χ2v) is 7.51. The van der Waals surface area contributed by atoms with E-state index in [1.165, 1.54) is 0 Å². The van der Waals surface area contributed by atoms with E-state index in [0.29, 0.717) is 17.1 Å². The van der Waals surface area contributed by atoms with Crippen molar-refractivity contribution in [2.24, 2.45) is 5.92 Å². The third-order valence-electron chi connectivity index (χ3n) is 5.24. The molecule has 0 heterocycles. The van der Waals surface area contributed by atoms with E-state index in [2.05, 4.69) is 5.32 Å². The Labute approximate surface area is 175 Å². The molecular weight excluding hydrogens is 382 g/mol. The number of carbonyl (C=O) groups is 2. The molecule has 4 rings (SSSR count). The van der Waals surface area contributed by atoms with Gasteiger partial charge in [0.2, 0.25) is 5.91 Å². The minimum Gasteiger partial charge on any atom is -0.325 e. The first kappa shape index (κ1) is 19.2. The number of hydrogen-bond acceptors (Lipinski definition) is 2. The van der Waals surface area contributed by atoms with E-state index < -0.39 is 5.92 Å². The fourth-order valence-electron chi connectivity index (χ4n) is 3.85. The summed E-state index contributed by atoms with van der Waals surface area (Å²) in [4.78, 5) is 26.2. The van der Waals surface area contributed by atoms with E-state index in [1.807, 2.05) is 66.7 Å². The van der Waals surface area contributed by atoms with E-state index in [9.17, 15) is 9.59 Å². The molecule has 0 fully saturated rings. The van der Waals surface area contributed by atoms with Crippen LogP contribution in [0, 0.1) is 5.92 Å². The summed E-state index contributed by atoms with van der Waals surface area (Å²) in [7, 11) is 0. The van der Waals surface area contributed by atoms with Gasteiger partial charge in [0.15, 0.2) is 5.78 Å². The number of benzene rings is 3. The Kier molecular flexibility index (Phi) is 5.59. The zero-order valence-electron chi connectivity index (χ0n) is 15.7. The number of amides is 1. The zero-order valence-corrected chi connectivity index (χ0v) is 16.5. The third kappa shape index (κ3) is 4.15. The topological polar surface area (TPSA) is 46.2 Å². The van der Waals surface area contributed by atoms with Crippen LogP contribution in [0.4, 0.5) is 5.69 Å². The summed E-state index contributed by atoms with van der Waals surface area (Å²) < 4.78 is 0. The zero-order chi connectivity index (χ0) is 20.2. The molecular formula is C25H20ClNO2. The normalized spacial score (nSPS) is 18.8. The van der Waals surface area contributed by atoms with Gasteiger partial charge in [-0.05, 0) is 47.4 Å². The first-order chi connectivity index (χ1) is 14.1. The summed E-state index contributed by atoms with van der Waals surface area (Å²) >= 11 is 6.47. The highest BCUT2D eigenvalue weighted by Crippen LogP contribution is 2.42. The molecule has 0 aliphatic heterocycles. The molecule has 0 spiro atoms. The number of carbonyl (C=O) groups excluding carboxylic acids is 2. The maximum atomic E-state index is 13.1. The number of ketones is 1. The lowest BCUT2D eigenvalue weighted by molar-refractivity contribution is -0.129. The van der Waals surface area contributed by atoms with Crippen molar-refractivity contribution >= 4 is 34.6 Å². The number of nitrogens with one attached hydrogen (secondary N) is 1. The van der Waals surface area contributed by atoms with Crippen LogP contribution in [-0.2, 0) is 9.59 Å². The lowest BCUT2D eigenvalue weighted by Crippen LogP contribution is -2.36. The fourth-order valence-corrected chi connectivity index (χ4v) is 4.12. The molecule has 2 atom stereocenters. The Balaban J connectivity index is 1.73. The van der Waals surface area contributed by atoms with Gasteiger partial charge in [0.1, 0.15) is 5.92 Å². The maximum Gasteiger partial charge on any atom is 0.235 e. The summed E-state index contributed by atoms with van der Waals surface area (Å²) in [6.45, 7) is 0. The Morgan fingerprint density at radius 1 is 0.862 bits per heavy atom. The van der Waals surface area contributed by atoms with Gasteiger partial charge in [-0.25, -0.2) is 0 Å². The molecule has 1 aliphatic rings. The maximum absolute atomic E-state index is 13.1. The van der Waals surface area contributed by atoms with Crippen molar-refractivity contribution in [3.63, 3.8) is 0 Å². The van der Waals surface area contributed by atoms with Crippen molar-refractivity contribution in [3.8, 4) is 0 Å². The van der Waals surface area contributed by atoms with Gasteiger partial charge >= 0.3 is 0 Å². The van der Waals surface area contributed by atoms with Crippen molar-refractivity contribution in [1.82, 2.24) is 0 Å².